The molecule has 0 radical (unpaired) electrons. The number of aryl methyl sites for hydroxylation is 1. The highest BCUT2D eigenvalue weighted by Crippen LogP contribution is 2.61. The maximum Gasteiger partial charge on any atom is 0.274 e. The van der Waals surface area contributed by atoms with Crippen molar-refractivity contribution in [3.05, 3.63) is 28.5 Å². The lowest BCUT2D eigenvalue weighted by Crippen LogP contribution is -2.48. The van der Waals surface area contributed by atoms with E-state index in [1.165, 1.54) is 38.5 Å². The Morgan fingerprint density at radius 2 is 1.80 bits per heavy atom. The van der Waals surface area contributed by atoms with Gasteiger partial charge < -0.3 is 4.57 Å². The van der Waals surface area contributed by atoms with Gasteiger partial charge in [-0.2, -0.15) is 0 Å². The molecule has 2 aromatic rings. The molecule has 0 saturated heterocycles. The first kappa shape index (κ1) is 15.6. The monoisotopic (exact) mass is 356 g/mol. The minimum atomic E-state index is -0.108. The molecule has 4 fully saturated rings. The van der Waals surface area contributed by atoms with E-state index in [-0.39, 0.29) is 11.3 Å². The first-order valence-corrected chi connectivity index (χ1v) is 10.1. The number of carbonyl (C=O) groups excluding carboxylic acids is 1. The molecular formula is C19H24N4OS. The van der Waals surface area contributed by atoms with Gasteiger partial charge in [-0.25, -0.2) is 0 Å². The number of hydrogen-bond acceptors (Lipinski definition) is 4. The molecule has 0 aromatic carbocycles. The zero-order valence-electron chi connectivity index (χ0n) is 14.8. The number of carbonyl (C=O) groups is 1. The zero-order valence-corrected chi connectivity index (χ0v) is 15.6. The van der Waals surface area contributed by atoms with Crippen molar-refractivity contribution in [2.75, 3.05) is 5.32 Å². The lowest BCUT2D eigenvalue weighted by molar-refractivity contribution is -0.00555. The van der Waals surface area contributed by atoms with Crippen molar-refractivity contribution >= 4 is 22.4 Å². The van der Waals surface area contributed by atoms with Gasteiger partial charge in [0.05, 0.1) is 0 Å². The van der Waals surface area contributed by atoms with Crippen LogP contribution in [-0.2, 0) is 12.5 Å². The maximum atomic E-state index is 12.5. The van der Waals surface area contributed by atoms with Crippen LogP contribution in [0.4, 0.5) is 5.13 Å². The van der Waals surface area contributed by atoms with Gasteiger partial charge in [-0.15, -0.1) is 10.2 Å². The average molecular weight is 356 g/mol. The molecule has 5 nitrogen and oxygen atoms in total. The van der Waals surface area contributed by atoms with Gasteiger partial charge in [0.25, 0.3) is 5.91 Å². The van der Waals surface area contributed by atoms with Crippen LogP contribution in [0.1, 0.15) is 59.7 Å². The number of anilines is 1. The van der Waals surface area contributed by atoms with E-state index in [0.717, 1.165) is 28.5 Å². The van der Waals surface area contributed by atoms with Gasteiger partial charge in [-0.05, 0) is 75.3 Å². The van der Waals surface area contributed by atoms with Crippen molar-refractivity contribution in [3.63, 3.8) is 0 Å². The number of hydrogen-bond donors (Lipinski definition) is 1. The van der Waals surface area contributed by atoms with Crippen LogP contribution in [-0.4, -0.2) is 20.7 Å². The second-order valence-corrected chi connectivity index (χ2v) is 9.46. The SMILES string of the molecule is Cc1ccc(C(=O)Nc2nnc(C34CC5CC(CC(C5)C3)C4)s2)n1C. The van der Waals surface area contributed by atoms with Crippen molar-refractivity contribution in [3.8, 4) is 0 Å². The van der Waals surface area contributed by atoms with E-state index in [1.807, 2.05) is 30.7 Å². The normalized spacial score (nSPS) is 33.0. The standard InChI is InChI=1S/C19H24N4OS/c1-11-3-4-15(23(11)2)16(24)20-18-22-21-17(25-18)19-8-12-5-13(9-19)7-14(6-12)10-19/h3-4,12-14H,5-10H2,1-2H3,(H,20,22,24). The third-order valence-electron chi connectivity index (χ3n) is 6.74. The Morgan fingerprint density at radius 3 is 2.36 bits per heavy atom. The van der Waals surface area contributed by atoms with E-state index < -0.39 is 0 Å². The van der Waals surface area contributed by atoms with Crippen LogP contribution in [0.25, 0.3) is 0 Å². The minimum Gasteiger partial charge on any atom is -0.344 e. The summed E-state index contributed by atoms with van der Waals surface area (Å²) in [6.07, 6.45) is 8.10. The van der Waals surface area contributed by atoms with Gasteiger partial charge in [0, 0.05) is 18.2 Å². The Labute approximate surface area is 151 Å². The molecule has 1 N–H and O–H groups in total. The van der Waals surface area contributed by atoms with Crippen LogP contribution in [0.5, 0.6) is 0 Å². The summed E-state index contributed by atoms with van der Waals surface area (Å²) < 4.78 is 1.90. The van der Waals surface area contributed by atoms with Crippen LogP contribution in [0, 0.1) is 24.7 Å². The van der Waals surface area contributed by atoms with Gasteiger partial charge in [0.1, 0.15) is 10.7 Å². The van der Waals surface area contributed by atoms with Gasteiger partial charge in [0.15, 0.2) is 0 Å². The Morgan fingerprint density at radius 1 is 1.16 bits per heavy atom. The number of nitrogens with zero attached hydrogens (tertiary/aromatic N) is 3. The van der Waals surface area contributed by atoms with E-state index in [4.69, 9.17) is 0 Å². The molecule has 0 atom stereocenters. The van der Waals surface area contributed by atoms with Crippen LogP contribution < -0.4 is 5.32 Å². The summed E-state index contributed by atoms with van der Waals surface area (Å²) >= 11 is 1.59. The van der Waals surface area contributed by atoms with Crippen LogP contribution in [0.15, 0.2) is 12.1 Å². The second kappa shape index (κ2) is 5.40. The highest BCUT2D eigenvalue weighted by Gasteiger charge is 2.53. The lowest BCUT2D eigenvalue weighted by Gasteiger charge is -2.55. The fourth-order valence-corrected chi connectivity index (χ4v) is 6.82. The van der Waals surface area contributed by atoms with Crippen LogP contribution in [0.2, 0.25) is 0 Å². The Bertz CT molecular complexity index is 801. The summed E-state index contributed by atoms with van der Waals surface area (Å²) in [5.41, 5.74) is 1.97. The molecule has 4 aliphatic rings. The maximum absolute atomic E-state index is 12.5. The molecule has 2 heterocycles. The summed E-state index contributed by atoms with van der Waals surface area (Å²) in [5, 5.41) is 13.6. The summed E-state index contributed by atoms with van der Waals surface area (Å²) in [6, 6.07) is 3.81. The first-order valence-electron chi connectivity index (χ1n) is 9.30. The number of nitrogens with one attached hydrogen (secondary N) is 1. The van der Waals surface area contributed by atoms with Crippen molar-refractivity contribution in [1.29, 1.82) is 0 Å². The molecule has 2 aromatic heterocycles. The predicted molar refractivity (Wildman–Crippen MR) is 97.9 cm³/mol. The molecule has 0 unspecified atom stereocenters. The average Bonchev–Trinajstić information content (AvgIpc) is 3.14. The van der Waals surface area contributed by atoms with Crippen LogP contribution in [0.3, 0.4) is 0 Å². The molecule has 4 bridgehead atoms. The number of rotatable bonds is 3. The molecule has 1 amide bonds. The lowest BCUT2D eigenvalue weighted by atomic mass is 9.50. The quantitative estimate of drug-likeness (QED) is 0.907. The van der Waals surface area contributed by atoms with Gasteiger partial charge in [0.2, 0.25) is 5.13 Å². The van der Waals surface area contributed by atoms with Crippen molar-refractivity contribution in [2.24, 2.45) is 24.8 Å². The predicted octanol–water partition coefficient (Wildman–Crippen LogP) is 3.91. The van der Waals surface area contributed by atoms with E-state index in [1.54, 1.807) is 11.3 Å². The number of aromatic nitrogens is 3. The van der Waals surface area contributed by atoms with Gasteiger partial charge >= 0.3 is 0 Å². The molecule has 6 heteroatoms. The molecule has 132 valence electrons. The number of amides is 1. The summed E-state index contributed by atoms with van der Waals surface area (Å²) in [5.74, 6) is 2.56. The molecule has 25 heavy (non-hydrogen) atoms. The molecule has 0 aliphatic heterocycles. The van der Waals surface area contributed by atoms with Crippen molar-refractivity contribution < 1.29 is 4.79 Å². The molecule has 4 aliphatic carbocycles. The molecular weight excluding hydrogens is 332 g/mol. The third kappa shape index (κ3) is 2.45. The van der Waals surface area contributed by atoms with Crippen molar-refractivity contribution in [1.82, 2.24) is 14.8 Å². The van der Waals surface area contributed by atoms with E-state index >= 15 is 0 Å². The Balaban J connectivity index is 1.37. The fourth-order valence-electron chi connectivity index (χ4n) is 5.86. The topological polar surface area (TPSA) is 59.8 Å². The van der Waals surface area contributed by atoms with Gasteiger partial charge in [-0.3, -0.25) is 10.1 Å². The summed E-state index contributed by atoms with van der Waals surface area (Å²) in [7, 11) is 1.91. The third-order valence-corrected chi connectivity index (χ3v) is 7.83. The van der Waals surface area contributed by atoms with E-state index in [0.29, 0.717) is 10.8 Å². The summed E-state index contributed by atoms with van der Waals surface area (Å²) in [6.45, 7) is 1.99. The second-order valence-electron chi connectivity index (χ2n) is 8.48. The zero-order chi connectivity index (χ0) is 17.2. The first-order chi connectivity index (χ1) is 12.0. The Hall–Kier alpha value is -1.69. The van der Waals surface area contributed by atoms with E-state index in [2.05, 4.69) is 15.5 Å². The minimum absolute atomic E-state index is 0.108. The Kier molecular flexibility index (Phi) is 3.36. The van der Waals surface area contributed by atoms with Crippen molar-refractivity contribution in [2.45, 2.75) is 50.9 Å². The molecule has 0 spiro atoms. The molecule has 6 rings (SSSR count). The van der Waals surface area contributed by atoms with E-state index in [9.17, 15) is 4.79 Å². The highest BCUT2D eigenvalue weighted by molar-refractivity contribution is 7.15. The molecule has 4 saturated carbocycles. The smallest absolute Gasteiger partial charge is 0.274 e. The highest BCUT2D eigenvalue weighted by atomic mass is 32.1. The fraction of sp³-hybridized carbons (Fsp3) is 0.632. The summed E-state index contributed by atoms with van der Waals surface area (Å²) in [4.78, 5) is 12.5. The van der Waals surface area contributed by atoms with Crippen LogP contribution >= 0.6 is 11.3 Å². The van der Waals surface area contributed by atoms with Gasteiger partial charge in [-0.1, -0.05) is 11.3 Å². The largest absolute Gasteiger partial charge is 0.344 e.